The Kier molecular flexibility index (Phi) is 4.74. The number of hydrogen-bond acceptors (Lipinski definition) is 2. The average Bonchev–Trinajstić information content (AvgIpc) is 2.35. The smallest absolute Gasteiger partial charge is 0.257 e. The number of aromatic nitrogens is 1. The monoisotopic (exact) mass is 480 g/mol. The van der Waals surface area contributed by atoms with Gasteiger partial charge in [-0.05, 0) is 68.9 Å². The number of pyridine rings is 1. The summed E-state index contributed by atoms with van der Waals surface area (Å²) in [6.07, 6.45) is 1.63. The summed E-state index contributed by atoms with van der Waals surface area (Å²) in [6.45, 7) is 0. The van der Waals surface area contributed by atoms with Gasteiger partial charge in [-0.15, -0.1) is 0 Å². The second-order valence-electron chi connectivity index (χ2n) is 3.41. The summed E-state index contributed by atoms with van der Waals surface area (Å²) in [6, 6.07) is 9.19. The van der Waals surface area contributed by atoms with Gasteiger partial charge in [0.15, 0.2) is 0 Å². The number of halogens is 3. The van der Waals surface area contributed by atoms with Crippen LogP contribution >= 0.6 is 54.5 Å². The number of nitrogens with zero attached hydrogens (tertiary/aromatic N) is 1. The molecule has 0 saturated heterocycles. The zero-order valence-corrected chi connectivity index (χ0v) is 14.3. The van der Waals surface area contributed by atoms with Crippen LogP contribution in [0, 0.1) is 3.57 Å². The van der Waals surface area contributed by atoms with Crippen molar-refractivity contribution in [1.82, 2.24) is 4.98 Å². The minimum atomic E-state index is -0.180. The number of benzene rings is 1. The van der Waals surface area contributed by atoms with Gasteiger partial charge in [-0.1, -0.05) is 15.9 Å². The molecule has 0 radical (unpaired) electrons. The first-order chi connectivity index (χ1) is 8.58. The van der Waals surface area contributed by atoms with Gasteiger partial charge >= 0.3 is 0 Å². The second kappa shape index (κ2) is 6.12. The van der Waals surface area contributed by atoms with Crippen molar-refractivity contribution in [1.29, 1.82) is 0 Å². The Morgan fingerprint density at radius 1 is 1.28 bits per heavy atom. The van der Waals surface area contributed by atoms with Crippen LogP contribution < -0.4 is 5.32 Å². The molecule has 1 heterocycles. The van der Waals surface area contributed by atoms with Gasteiger partial charge in [0, 0.05) is 14.2 Å². The maximum atomic E-state index is 12.1. The van der Waals surface area contributed by atoms with Gasteiger partial charge in [-0.25, -0.2) is 4.98 Å². The largest absolute Gasteiger partial charge is 0.306 e. The fraction of sp³-hybridized carbons (Fsp3) is 0. The summed E-state index contributed by atoms with van der Waals surface area (Å²) < 4.78 is 2.51. The Bertz CT molecular complexity index is 604. The standard InChI is InChI=1S/C12H7Br2IN2O/c13-7-3-4-10(15)8(6-7)12(18)17-11-9(14)2-1-5-16-11/h1-6H,(H,16,17,18). The van der Waals surface area contributed by atoms with E-state index in [1.807, 2.05) is 18.2 Å². The lowest BCUT2D eigenvalue weighted by molar-refractivity contribution is 0.102. The minimum absolute atomic E-state index is 0.180. The van der Waals surface area contributed by atoms with E-state index in [9.17, 15) is 4.79 Å². The number of carbonyl (C=O) groups excluding carboxylic acids is 1. The molecule has 0 fully saturated rings. The normalized spacial score (nSPS) is 10.2. The lowest BCUT2D eigenvalue weighted by Crippen LogP contribution is -2.14. The molecule has 0 unspecified atom stereocenters. The van der Waals surface area contributed by atoms with E-state index >= 15 is 0 Å². The van der Waals surface area contributed by atoms with Crippen LogP contribution in [0.5, 0.6) is 0 Å². The summed E-state index contributed by atoms with van der Waals surface area (Å²) in [5, 5.41) is 2.77. The summed E-state index contributed by atoms with van der Waals surface area (Å²) >= 11 is 8.83. The zero-order valence-electron chi connectivity index (χ0n) is 8.95. The third kappa shape index (κ3) is 3.30. The third-order valence-corrected chi connectivity index (χ3v) is 4.24. The Morgan fingerprint density at radius 2 is 2.06 bits per heavy atom. The molecule has 2 aromatic rings. The maximum Gasteiger partial charge on any atom is 0.257 e. The second-order valence-corrected chi connectivity index (χ2v) is 6.34. The molecular formula is C12H7Br2IN2O. The van der Waals surface area contributed by atoms with E-state index in [1.165, 1.54) is 0 Å². The van der Waals surface area contributed by atoms with E-state index < -0.39 is 0 Å². The Morgan fingerprint density at radius 3 is 2.78 bits per heavy atom. The number of amides is 1. The molecule has 1 aromatic heterocycles. The Balaban J connectivity index is 2.28. The lowest BCUT2D eigenvalue weighted by Gasteiger charge is -2.07. The molecule has 3 nitrogen and oxygen atoms in total. The number of rotatable bonds is 2. The first-order valence-electron chi connectivity index (χ1n) is 4.95. The molecule has 0 atom stereocenters. The van der Waals surface area contributed by atoms with Crippen LogP contribution in [-0.2, 0) is 0 Å². The molecule has 1 N–H and O–H groups in total. The number of nitrogens with one attached hydrogen (secondary N) is 1. The summed E-state index contributed by atoms with van der Waals surface area (Å²) in [5.74, 6) is 0.332. The molecule has 6 heteroatoms. The van der Waals surface area contributed by atoms with Crippen LogP contribution in [0.3, 0.4) is 0 Å². The van der Waals surface area contributed by atoms with E-state index in [0.29, 0.717) is 11.4 Å². The number of carbonyl (C=O) groups is 1. The highest BCUT2D eigenvalue weighted by Gasteiger charge is 2.12. The number of hydrogen-bond donors (Lipinski definition) is 1. The van der Waals surface area contributed by atoms with Crippen LogP contribution in [0.4, 0.5) is 5.82 Å². The summed E-state index contributed by atoms with van der Waals surface area (Å²) in [5.41, 5.74) is 0.613. The molecule has 0 spiro atoms. The van der Waals surface area contributed by atoms with Crippen molar-refractivity contribution in [2.75, 3.05) is 5.32 Å². The van der Waals surface area contributed by atoms with Crippen LogP contribution in [0.1, 0.15) is 10.4 Å². The van der Waals surface area contributed by atoms with Crippen LogP contribution in [0.25, 0.3) is 0 Å². The van der Waals surface area contributed by atoms with Crippen molar-refractivity contribution in [3.05, 3.63) is 54.6 Å². The SMILES string of the molecule is O=C(Nc1ncccc1Br)c1cc(Br)ccc1I. The highest BCUT2D eigenvalue weighted by atomic mass is 127. The fourth-order valence-corrected chi connectivity index (χ4v) is 2.62. The first-order valence-corrected chi connectivity index (χ1v) is 7.61. The fourth-order valence-electron chi connectivity index (χ4n) is 1.32. The molecular weight excluding hydrogens is 475 g/mol. The Hall–Kier alpha value is -0.470. The molecule has 18 heavy (non-hydrogen) atoms. The van der Waals surface area contributed by atoms with E-state index in [4.69, 9.17) is 0 Å². The minimum Gasteiger partial charge on any atom is -0.306 e. The molecule has 0 saturated carbocycles. The van der Waals surface area contributed by atoms with E-state index in [0.717, 1.165) is 12.5 Å². The van der Waals surface area contributed by atoms with Crippen molar-refractivity contribution in [3.63, 3.8) is 0 Å². The highest BCUT2D eigenvalue weighted by molar-refractivity contribution is 14.1. The van der Waals surface area contributed by atoms with Gasteiger partial charge in [0.05, 0.1) is 10.0 Å². The molecule has 1 amide bonds. The molecule has 2 rings (SSSR count). The van der Waals surface area contributed by atoms with Gasteiger partial charge in [0.25, 0.3) is 5.91 Å². The molecule has 0 bridgehead atoms. The quantitative estimate of drug-likeness (QED) is 0.643. The van der Waals surface area contributed by atoms with Crippen molar-refractivity contribution in [2.45, 2.75) is 0 Å². The van der Waals surface area contributed by atoms with Gasteiger partial charge in [-0.2, -0.15) is 0 Å². The van der Waals surface area contributed by atoms with E-state index in [-0.39, 0.29) is 5.91 Å². The molecule has 0 aliphatic rings. The number of anilines is 1. The molecule has 0 aliphatic carbocycles. The van der Waals surface area contributed by atoms with Crippen molar-refractivity contribution in [2.24, 2.45) is 0 Å². The van der Waals surface area contributed by atoms with E-state index in [2.05, 4.69) is 64.8 Å². The summed E-state index contributed by atoms with van der Waals surface area (Å²) in [7, 11) is 0. The third-order valence-electron chi connectivity index (χ3n) is 2.16. The highest BCUT2D eigenvalue weighted by Crippen LogP contribution is 2.22. The van der Waals surface area contributed by atoms with Crippen LogP contribution in [0.15, 0.2) is 45.5 Å². The zero-order chi connectivity index (χ0) is 13.1. The molecule has 92 valence electrons. The topological polar surface area (TPSA) is 42.0 Å². The van der Waals surface area contributed by atoms with Crippen molar-refractivity contribution < 1.29 is 4.79 Å². The van der Waals surface area contributed by atoms with Gasteiger partial charge in [0.1, 0.15) is 5.82 Å². The predicted octanol–water partition coefficient (Wildman–Crippen LogP) is 4.46. The average molecular weight is 482 g/mol. The van der Waals surface area contributed by atoms with Crippen LogP contribution in [-0.4, -0.2) is 10.9 Å². The van der Waals surface area contributed by atoms with Gasteiger partial charge < -0.3 is 5.32 Å². The molecule has 1 aromatic carbocycles. The summed E-state index contributed by atoms with van der Waals surface area (Å²) in [4.78, 5) is 16.2. The van der Waals surface area contributed by atoms with E-state index in [1.54, 1.807) is 18.3 Å². The van der Waals surface area contributed by atoms with Gasteiger partial charge in [0.2, 0.25) is 0 Å². The van der Waals surface area contributed by atoms with Crippen molar-refractivity contribution >= 4 is 66.2 Å². The predicted molar refractivity (Wildman–Crippen MR) is 86.7 cm³/mol. The van der Waals surface area contributed by atoms with Crippen molar-refractivity contribution in [3.8, 4) is 0 Å². The lowest BCUT2D eigenvalue weighted by atomic mass is 10.2. The van der Waals surface area contributed by atoms with Gasteiger partial charge in [-0.3, -0.25) is 4.79 Å². The van der Waals surface area contributed by atoms with Crippen LogP contribution in [0.2, 0.25) is 0 Å². The Labute approximate surface area is 135 Å². The maximum absolute atomic E-state index is 12.1. The molecule has 0 aliphatic heterocycles. The first kappa shape index (κ1) is 14.0.